The third kappa shape index (κ3) is 3.72. The molecule has 0 aromatic heterocycles. The van der Waals surface area contributed by atoms with Gasteiger partial charge in [-0.05, 0) is 0 Å². The van der Waals surface area contributed by atoms with Crippen LogP contribution in [-0.2, 0) is 20.4 Å². The van der Waals surface area contributed by atoms with Crippen LogP contribution in [0.1, 0.15) is 28.1 Å². The number of rotatable bonds is 2. The number of hydrogen-bond acceptors (Lipinski definition) is 0. The first kappa shape index (κ1) is 19.2. The van der Waals surface area contributed by atoms with E-state index in [4.69, 9.17) is 0 Å². The van der Waals surface area contributed by atoms with Crippen LogP contribution >= 0.6 is 24.8 Å². The molecule has 1 atom stereocenters. The molecular formula is C17H22Cl2SiZr. The van der Waals surface area contributed by atoms with Crippen LogP contribution in [0.2, 0.25) is 13.1 Å². The maximum absolute atomic E-state index is 2.59. The van der Waals surface area contributed by atoms with Crippen molar-refractivity contribution in [2.75, 3.05) is 0 Å². The van der Waals surface area contributed by atoms with Crippen LogP contribution in [0.3, 0.4) is 0 Å². The summed E-state index contributed by atoms with van der Waals surface area (Å²) in [5, 5.41) is 0. The van der Waals surface area contributed by atoms with Crippen molar-refractivity contribution in [3.63, 3.8) is 0 Å². The molecule has 0 saturated carbocycles. The van der Waals surface area contributed by atoms with Crippen LogP contribution < -0.4 is 0 Å². The molecule has 2 aliphatic carbocycles. The molecule has 1 unspecified atom stereocenters. The zero-order valence-electron chi connectivity index (χ0n) is 12.7. The molecule has 0 bridgehead atoms. The Morgan fingerprint density at radius 2 is 1.86 bits per heavy atom. The van der Waals surface area contributed by atoms with E-state index >= 15 is 0 Å². The predicted molar refractivity (Wildman–Crippen MR) is 96.7 cm³/mol. The Morgan fingerprint density at radius 3 is 2.48 bits per heavy atom. The van der Waals surface area contributed by atoms with Gasteiger partial charge in [0.05, 0.1) is 0 Å². The van der Waals surface area contributed by atoms with Crippen LogP contribution in [0.4, 0.5) is 0 Å². The largest absolute Gasteiger partial charge is 0.147 e. The van der Waals surface area contributed by atoms with Gasteiger partial charge in [0.1, 0.15) is 0 Å². The van der Waals surface area contributed by atoms with E-state index in [1.165, 1.54) is 17.6 Å². The van der Waals surface area contributed by atoms with Gasteiger partial charge in [0.2, 0.25) is 0 Å². The standard InChI is InChI=1S/C10H9.C5H5.C2H6Si.2ClH.Zr/c1-8-6-7-9-4-2-3-5-10(8)9;1-2-4-5-3-1;1-3-2;;;/h2-7H,1H3;1-3H,4H2;1-2H3;2*1H;. The Bertz CT molecular complexity index is 653. The fraction of sp³-hybridized carbons (Fsp3) is 0.294. The number of hydrogen-bond donors (Lipinski definition) is 0. The van der Waals surface area contributed by atoms with Crippen LogP contribution in [0.5, 0.6) is 0 Å². The normalized spacial score (nSPS) is 18.1. The molecule has 0 nitrogen and oxygen atoms in total. The molecule has 3 rings (SSSR count). The fourth-order valence-electron chi connectivity index (χ4n) is 3.27. The van der Waals surface area contributed by atoms with E-state index in [0.717, 1.165) is 3.63 Å². The number of halogens is 2. The van der Waals surface area contributed by atoms with E-state index in [9.17, 15) is 0 Å². The molecule has 4 heteroatoms. The molecule has 0 fully saturated rings. The maximum atomic E-state index is 2.59. The van der Waals surface area contributed by atoms with Gasteiger partial charge in [0, 0.05) is 0 Å². The average Bonchev–Trinajstić information content (AvgIpc) is 3.00. The zero-order valence-corrected chi connectivity index (χ0v) is 17.8. The molecule has 0 radical (unpaired) electrons. The minimum absolute atomic E-state index is 0. The molecule has 0 aliphatic heterocycles. The Labute approximate surface area is 148 Å². The number of allylic oxidation sites excluding steroid dienone is 6. The van der Waals surface area contributed by atoms with Crippen LogP contribution in [0.25, 0.3) is 5.57 Å². The van der Waals surface area contributed by atoms with E-state index in [1.807, 2.05) is 3.28 Å². The van der Waals surface area contributed by atoms with Gasteiger partial charge < -0.3 is 0 Å². The van der Waals surface area contributed by atoms with Gasteiger partial charge >= 0.3 is 124 Å². The molecule has 1 aromatic carbocycles. The predicted octanol–water partition coefficient (Wildman–Crippen LogP) is 5.70. The van der Waals surface area contributed by atoms with E-state index < -0.39 is 20.4 Å². The van der Waals surface area contributed by atoms with E-state index in [-0.39, 0.29) is 30.2 Å². The van der Waals surface area contributed by atoms with Crippen molar-refractivity contribution in [2.45, 2.75) is 30.1 Å². The summed E-state index contributed by atoms with van der Waals surface area (Å²) in [4.78, 5) is 0. The van der Waals surface area contributed by atoms with Crippen LogP contribution in [0.15, 0.2) is 51.9 Å². The van der Waals surface area contributed by atoms with Crippen molar-refractivity contribution in [1.82, 2.24) is 0 Å². The van der Waals surface area contributed by atoms with Crippen molar-refractivity contribution in [3.05, 3.63) is 63.0 Å². The Balaban J connectivity index is 0.00000110. The Hall–Kier alpha value is 0.120. The average molecular weight is 417 g/mol. The second kappa shape index (κ2) is 8.11. The first-order valence-corrected chi connectivity index (χ1v) is 15.8. The number of fused-ring (bicyclic) bond motifs is 1. The molecule has 2 aliphatic rings. The zero-order chi connectivity index (χ0) is 13.4. The van der Waals surface area contributed by atoms with E-state index in [0.29, 0.717) is 0 Å². The van der Waals surface area contributed by atoms with Crippen LogP contribution in [0, 0.1) is 0 Å². The third-order valence-corrected chi connectivity index (χ3v) is 22.2. The summed E-state index contributed by atoms with van der Waals surface area (Å²) in [6.07, 6.45) is 10.9. The van der Waals surface area contributed by atoms with Crippen molar-refractivity contribution in [1.29, 1.82) is 0 Å². The quantitative estimate of drug-likeness (QED) is 0.543. The molecule has 0 spiro atoms. The minimum Gasteiger partial charge on any atom is -0.147 e. The fourth-order valence-corrected chi connectivity index (χ4v) is 21.3. The second-order valence-corrected chi connectivity index (χ2v) is 23.4. The first-order valence-electron chi connectivity index (χ1n) is 6.99. The van der Waals surface area contributed by atoms with Crippen molar-refractivity contribution in [3.8, 4) is 0 Å². The first-order chi connectivity index (χ1) is 9.18. The van der Waals surface area contributed by atoms with Gasteiger partial charge in [-0.25, -0.2) is 0 Å². The summed E-state index contributed by atoms with van der Waals surface area (Å²) < 4.78 is 2.64. The minimum atomic E-state index is -1.53. The van der Waals surface area contributed by atoms with Gasteiger partial charge in [0.15, 0.2) is 0 Å². The smallest absolute Gasteiger partial charge is 0.147 e. The van der Waals surface area contributed by atoms with Crippen LogP contribution in [-0.4, -0.2) is 5.43 Å². The topological polar surface area (TPSA) is 0 Å². The molecule has 0 saturated heterocycles. The van der Waals surface area contributed by atoms with Crippen molar-refractivity contribution in [2.24, 2.45) is 0 Å². The van der Waals surface area contributed by atoms with Gasteiger partial charge in [0.25, 0.3) is 0 Å². The molecule has 0 N–H and O–H groups in total. The number of benzene rings is 1. The van der Waals surface area contributed by atoms with Gasteiger partial charge in [-0.3, -0.25) is 0 Å². The third-order valence-electron chi connectivity index (χ3n) is 4.10. The van der Waals surface area contributed by atoms with Gasteiger partial charge in [-0.2, -0.15) is 0 Å². The van der Waals surface area contributed by atoms with Gasteiger partial charge in [-0.1, -0.05) is 0 Å². The monoisotopic (exact) mass is 414 g/mol. The summed E-state index contributed by atoms with van der Waals surface area (Å²) in [6.45, 7) is 7.38. The maximum Gasteiger partial charge on any atom is -0.147 e. The summed E-state index contributed by atoms with van der Waals surface area (Å²) >= 11 is -1.53. The summed E-state index contributed by atoms with van der Waals surface area (Å²) in [5.74, 6) is 0. The Morgan fingerprint density at radius 1 is 1.14 bits per heavy atom. The van der Waals surface area contributed by atoms with Crippen molar-refractivity contribution < 1.29 is 20.4 Å². The van der Waals surface area contributed by atoms with E-state index in [1.54, 1.807) is 5.56 Å². The van der Waals surface area contributed by atoms with Crippen molar-refractivity contribution >= 4 is 35.8 Å². The summed E-state index contributed by atoms with van der Waals surface area (Å²) in [5.41, 5.74) is 4.50. The summed E-state index contributed by atoms with van der Waals surface area (Å²) in [7, 11) is 0. The van der Waals surface area contributed by atoms with Gasteiger partial charge in [-0.15, -0.1) is 24.8 Å². The second-order valence-electron chi connectivity index (χ2n) is 5.65. The molecular weight excluding hydrogens is 394 g/mol. The molecule has 112 valence electrons. The molecule has 21 heavy (non-hydrogen) atoms. The molecule has 1 aromatic rings. The molecule has 0 heterocycles. The SMILES string of the molecule is CC1=C[CH]([Zr]([C]2=CC=CC2)=[Si](C)C)c2ccccc21.Cl.Cl. The molecule has 0 amide bonds. The summed E-state index contributed by atoms with van der Waals surface area (Å²) in [6, 6.07) is 9.09. The Kier molecular flexibility index (Phi) is 7.40. The van der Waals surface area contributed by atoms with E-state index in [2.05, 4.69) is 68.6 Å².